The Hall–Kier alpha value is -0.750. The van der Waals surface area contributed by atoms with Gasteiger partial charge in [0.1, 0.15) is 6.04 Å². The molecule has 0 spiro atoms. The third-order valence-corrected chi connectivity index (χ3v) is 1.47. The minimum Gasteiger partial charge on any atom is -0.480 e. The van der Waals surface area contributed by atoms with Gasteiger partial charge in [0.15, 0.2) is 0 Å². The van der Waals surface area contributed by atoms with Gasteiger partial charge in [-0.05, 0) is 12.2 Å². The number of thiol groups is 1. The van der Waals surface area contributed by atoms with Crippen molar-refractivity contribution in [3.8, 4) is 0 Å². The smallest absolute Gasteiger partial charge is 0.320 e. The van der Waals surface area contributed by atoms with E-state index < -0.39 is 18.0 Å². The molecular weight excluding hydrogens is 182 g/mol. The van der Waals surface area contributed by atoms with Crippen LogP contribution in [-0.4, -0.2) is 40.5 Å². The summed E-state index contributed by atoms with van der Waals surface area (Å²) in [4.78, 5) is 20.5. The lowest BCUT2D eigenvalue weighted by Gasteiger charge is -2.10. The number of nitrogens with one attached hydrogen (secondary N) is 1. The van der Waals surface area contributed by atoms with Crippen LogP contribution in [0.25, 0.3) is 0 Å². The van der Waals surface area contributed by atoms with Crippen LogP contribution in [0.15, 0.2) is 0 Å². The predicted molar refractivity (Wildman–Crippen MR) is 45.5 cm³/mol. The fourth-order valence-corrected chi connectivity index (χ4v) is 0.911. The molecule has 0 aromatic rings. The summed E-state index contributed by atoms with van der Waals surface area (Å²) in [5.41, 5.74) is 0. The summed E-state index contributed by atoms with van der Waals surface area (Å²) < 4.78 is 0. The van der Waals surface area contributed by atoms with Gasteiger partial charge in [0.25, 0.3) is 0 Å². The Kier molecular flexibility index (Phi) is 5.48. The van der Waals surface area contributed by atoms with Crippen molar-refractivity contribution in [1.29, 1.82) is 0 Å². The van der Waals surface area contributed by atoms with E-state index in [4.69, 9.17) is 10.2 Å². The van der Waals surface area contributed by atoms with E-state index >= 15 is 0 Å². The molecule has 0 heterocycles. The zero-order valence-corrected chi connectivity index (χ0v) is 7.25. The second-order valence-corrected chi connectivity index (χ2v) is 2.62. The number of carbonyl (C=O) groups is 2. The Labute approximate surface area is 75.2 Å². The highest BCUT2D eigenvalue weighted by Crippen LogP contribution is 1.93. The standard InChI is InChI=1S/C6H11NO4S/c8-5(9)3-7-4(1-2-12)6(10)11/h4,7,12H,1-3H2,(H,8,9)(H,10,11)/t4-/m0/s1. The Morgan fingerprint density at radius 1 is 1.42 bits per heavy atom. The zero-order chi connectivity index (χ0) is 9.56. The summed E-state index contributed by atoms with van der Waals surface area (Å²) in [6, 6.07) is -0.821. The van der Waals surface area contributed by atoms with Gasteiger partial charge in [-0.3, -0.25) is 14.9 Å². The molecule has 6 heteroatoms. The molecule has 0 rings (SSSR count). The molecule has 0 radical (unpaired) electrons. The van der Waals surface area contributed by atoms with Gasteiger partial charge in [-0.1, -0.05) is 0 Å². The Morgan fingerprint density at radius 3 is 2.33 bits per heavy atom. The van der Waals surface area contributed by atoms with Crippen LogP contribution in [0.2, 0.25) is 0 Å². The molecule has 0 unspecified atom stereocenters. The molecule has 0 bridgehead atoms. The second kappa shape index (κ2) is 5.84. The Balaban J connectivity index is 3.79. The van der Waals surface area contributed by atoms with E-state index in [1.165, 1.54) is 0 Å². The van der Waals surface area contributed by atoms with Crippen LogP contribution in [0.1, 0.15) is 6.42 Å². The fourth-order valence-electron chi connectivity index (χ4n) is 0.652. The quantitative estimate of drug-likeness (QED) is 0.424. The maximum absolute atomic E-state index is 10.4. The van der Waals surface area contributed by atoms with Crippen LogP contribution in [0.4, 0.5) is 0 Å². The molecule has 0 aliphatic rings. The minimum absolute atomic E-state index is 0.311. The van der Waals surface area contributed by atoms with Crippen molar-refractivity contribution in [1.82, 2.24) is 5.32 Å². The highest BCUT2D eigenvalue weighted by Gasteiger charge is 2.16. The lowest BCUT2D eigenvalue weighted by atomic mass is 10.2. The highest BCUT2D eigenvalue weighted by molar-refractivity contribution is 7.80. The summed E-state index contributed by atoms with van der Waals surface area (Å²) in [7, 11) is 0. The predicted octanol–water partition coefficient (Wildman–Crippen LogP) is -0.566. The lowest BCUT2D eigenvalue weighted by Crippen LogP contribution is -2.39. The molecule has 0 amide bonds. The van der Waals surface area contributed by atoms with Gasteiger partial charge in [-0.15, -0.1) is 0 Å². The van der Waals surface area contributed by atoms with Crippen molar-refractivity contribution in [2.75, 3.05) is 12.3 Å². The summed E-state index contributed by atoms with van der Waals surface area (Å²) in [5, 5.41) is 19.1. The largest absolute Gasteiger partial charge is 0.480 e. The van der Waals surface area contributed by atoms with E-state index in [-0.39, 0.29) is 6.54 Å². The average molecular weight is 193 g/mol. The molecular formula is C6H11NO4S. The number of carboxylic acids is 2. The summed E-state index contributed by atoms with van der Waals surface area (Å²) in [6.07, 6.45) is 0.311. The first-order valence-electron chi connectivity index (χ1n) is 3.36. The molecule has 1 atom stereocenters. The van der Waals surface area contributed by atoms with Gasteiger partial charge < -0.3 is 10.2 Å². The first-order chi connectivity index (χ1) is 5.57. The topological polar surface area (TPSA) is 86.6 Å². The Bertz CT molecular complexity index is 173. The number of aliphatic carboxylic acids is 2. The first kappa shape index (κ1) is 11.2. The van der Waals surface area contributed by atoms with E-state index in [2.05, 4.69) is 17.9 Å². The maximum atomic E-state index is 10.4. The average Bonchev–Trinajstić information content (AvgIpc) is 1.96. The van der Waals surface area contributed by atoms with E-state index in [1.54, 1.807) is 0 Å². The summed E-state index contributed by atoms with van der Waals surface area (Å²) in [5.74, 6) is -1.71. The SMILES string of the molecule is O=C(O)CN[C@@H](CCS)C(=O)O. The van der Waals surface area contributed by atoms with Crippen molar-refractivity contribution in [3.05, 3.63) is 0 Å². The molecule has 0 aromatic carbocycles. The molecule has 0 fully saturated rings. The van der Waals surface area contributed by atoms with Gasteiger partial charge in [0, 0.05) is 0 Å². The monoisotopic (exact) mass is 193 g/mol. The molecule has 0 saturated carbocycles. The molecule has 5 nitrogen and oxygen atoms in total. The third-order valence-electron chi connectivity index (χ3n) is 1.22. The van der Waals surface area contributed by atoms with E-state index in [1.807, 2.05) is 0 Å². The first-order valence-corrected chi connectivity index (χ1v) is 4.00. The van der Waals surface area contributed by atoms with Crippen molar-refractivity contribution >= 4 is 24.6 Å². The van der Waals surface area contributed by atoms with Crippen LogP contribution in [-0.2, 0) is 9.59 Å². The molecule has 12 heavy (non-hydrogen) atoms. The molecule has 70 valence electrons. The van der Waals surface area contributed by atoms with Crippen LogP contribution >= 0.6 is 12.6 Å². The van der Waals surface area contributed by atoms with Gasteiger partial charge in [-0.25, -0.2) is 0 Å². The number of hydrogen-bond donors (Lipinski definition) is 4. The van der Waals surface area contributed by atoms with Crippen molar-refractivity contribution < 1.29 is 19.8 Å². The normalized spacial score (nSPS) is 12.4. The number of hydrogen-bond acceptors (Lipinski definition) is 4. The third kappa shape index (κ3) is 4.97. The molecule has 0 aliphatic carbocycles. The van der Waals surface area contributed by atoms with Gasteiger partial charge >= 0.3 is 11.9 Å². The summed E-state index contributed by atoms with van der Waals surface area (Å²) >= 11 is 3.85. The molecule has 0 aliphatic heterocycles. The molecule has 3 N–H and O–H groups in total. The van der Waals surface area contributed by atoms with Gasteiger partial charge in [0.05, 0.1) is 6.54 Å². The Morgan fingerprint density at radius 2 is 2.00 bits per heavy atom. The maximum Gasteiger partial charge on any atom is 0.320 e. The van der Waals surface area contributed by atoms with Gasteiger partial charge in [0.2, 0.25) is 0 Å². The highest BCUT2D eigenvalue weighted by atomic mass is 32.1. The van der Waals surface area contributed by atoms with Crippen molar-refractivity contribution in [3.63, 3.8) is 0 Å². The second-order valence-electron chi connectivity index (χ2n) is 2.18. The van der Waals surface area contributed by atoms with Crippen molar-refractivity contribution in [2.24, 2.45) is 0 Å². The minimum atomic E-state index is -1.07. The van der Waals surface area contributed by atoms with E-state index in [9.17, 15) is 9.59 Å². The van der Waals surface area contributed by atoms with Gasteiger partial charge in [-0.2, -0.15) is 12.6 Å². The van der Waals surface area contributed by atoms with Crippen LogP contribution < -0.4 is 5.32 Å². The fraction of sp³-hybridized carbons (Fsp3) is 0.667. The lowest BCUT2D eigenvalue weighted by molar-refractivity contribution is -0.140. The van der Waals surface area contributed by atoms with E-state index in [0.717, 1.165) is 0 Å². The van der Waals surface area contributed by atoms with Crippen LogP contribution in [0.5, 0.6) is 0 Å². The molecule has 0 saturated heterocycles. The van der Waals surface area contributed by atoms with Crippen LogP contribution in [0, 0.1) is 0 Å². The van der Waals surface area contributed by atoms with E-state index in [0.29, 0.717) is 12.2 Å². The van der Waals surface area contributed by atoms with Crippen LogP contribution in [0.3, 0.4) is 0 Å². The number of rotatable bonds is 6. The zero-order valence-electron chi connectivity index (χ0n) is 6.36. The summed E-state index contributed by atoms with van der Waals surface area (Å²) in [6.45, 7) is -0.343. The molecule has 0 aromatic heterocycles. The van der Waals surface area contributed by atoms with Crippen molar-refractivity contribution in [2.45, 2.75) is 12.5 Å². The number of carboxylic acid groups (broad SMARTS) is 2.